The van der Waals surface area contributed by atoms with Gasteiger partial charge in [-0.15, -0.1) is 0 Å². The third-order valence-electron chi connectivity index (χ3n) is 3.28. The smallest absolute Gasteiger partial charge is 0.237 e. The molecule has 0 aromatic carbocycles. The van der Waals surface area contributed by atoms with Gasteiger partial charge >= 0.3 is 0 Å². The number of sulfone groups is 1. The fourth-order valence-corrected chi connectivity index (χ4v) is 3.76. The highest BCUT2D eigenvalue weighted by atomic mass is 32.2. The first-order chi connectivity index (χ1) is 7.57. The number of nitrogens with one attached hydrogen (secondary N) is 2. The van der Waals surface area contributed by atoms with Crippen LogP contribution < -0.4 is 10.6 Å². The van der Waals surface area contributed by atoms with E-state index in [0.29, 0.717) is 12.8 Å². The summed E-state index contributed by atoms with van der Waals surface area (Å²) >= 11 is 0. The van der Waals surface area contributed by atoms with Crippen LogP contribution in [0.15, 0.2) is 0 Å². The van der Waals surface area contributed by atoms with Crippen molar-refractivity contribution >= 4 is 15.7 Å². The lowest BCUT2D eigenvalue weighted by molar-refractivity contribution is -0.124. The van der Waals surface area contributed by atoms with Crippen molar-refractivity contribution in [1.82, 2.24) is 10.6 Å². The molecular weight excluding hydrogens is 228 g/mol. The van der Waals surface area contributed by atoms with E-state index in [1.807, 2.05) is 0 Å². The predicted molar refractivity (Wildman–Crippen MR) is 60.8 cm³/mol. The molecule has 1 atom stereocenters. The minimum absolute atomic E-state index is 0.0553. The van der Waals surface area contributed by atoms with E-state index in [9.17, 15) is 13.2 Å². The van der Waals surface area contributed by atoms with Gasteiger partial charge in [-0.2, -0.15) is 0 Å². The van der Waals surface area contributed by atoms with Gasteiger partial charge in [0.05, 0.1) is 17.5 Å². The Morgan fingerprint density at radius 3 is 2.50 bits per heavy atom. The van der Waals surface area contributed by atoms with Gasteiger partial charge in [-0.1, -0.05) is 0 Å². The summed E-state index contributed by atoms with van der Waals surface area (Å²) in [5.74, 6) is 0.553. The van der Waals surface area contributed by atoms with Gasteiger partial charge in [0.25, 0.3) is 0 Å². The van der Waals surface area contributed by atoms with Crippen LogP contribution in [0.4, 0.5) is 0 Å². The number of amides is 1. The van der Waals surface area contributed by atoms with Gasteiger partial charge < -0.3 is 10.6 Å². The minimum atomic E-state index is -2.81. The van der Waals surface area contributed by atoms with E-state index in [0.717, 1.165) is 19.4 Å². The van der Waals surface area contributed by atoms with Crippen molar-refractivity contribution in [2.75, 3.05) is 18.1 Å². The zero-order chi connectivity index (χ0) is 11.6. The van der Waals surface area contributed by atoms with Crippen LogP contribution in [0.3, 0.4) is 0 Å². The van der Waals surface area contributed by atoms with Crippen molar-refractivity contribution in [3.05, 3.63) is 0 Å². The Morgan fingerprint density at radius 2 is 1.88 bits per heavy atom. The molecule has 2 aliphatic rings. The monoisotopic (exact) mass is 246 g/mol. The molecule has 0 bridgehead atoms. The molecule has 5 nitrogen and oxygen atoms in total. The first-order valence-electron chi connectivity index (χ1n) is 5.81. The molecule has 2 fully saturated rings. The summed E-state index contributed by atoms with van der Waals surface area (Å²) in [5, 5.41) is 6.09. The predicted octanol–water partition coefficient (Wildman–Crippen LogP) is -0.568. The average Bonchev–Trinajstić information content (AvgIpc) is 2.24. The zero-order valence-electron chi connectivity index (χ0n) is 9.24. The van der Waals surface area contributed by atoms with Crippen LogP contribution in [0.25, 0.3) is 0 Å². The standard InChI is InChI=1S/C10H18N2O3S/c13-10-9(2-1-5-11-10)12-8-3-6-16(14,15)7-4-8/h8-9,12H,1-7H2,(H,11,13). The molecule has 1 unspecified atom stereocenters. The van der Waals surface area contributed by atoms with Gasteiger partial charge in [0.1, 0.15) is 9.84 Å². The van der Waals surface area contributed by atoms with Crippen molar-refractivity contribution in [2.24, 2.45) is 0 Å². The Balaban J connectivity index is 1.84. The van der Waals surface area contributed by atoms with E-state index in [1.165, 1.54) is 0 Å². The first kappa shape index (κ1) is 11.9. The second-order valence-electron chi connectivity index (χ2n) is 4.58. The zero-order valence-corrected chi connectivity index (χ0v) is 10.1. The molecular formula is C10H18N2O3S. The van der Waals surface area contributed by atoms with Crippen LogP contribution in [0.2, 0.25) is 0 Å². The molecule has 6 heteroatoms. The maximum Gasteiger partial charge on any atom is 0.237 e. The quantitative estimate of drug-likeness (QED) is 0.684. The molecule has 2 rings (SSSR count). The topological polar surface area (TPSA) is 75.3 Å². The van der Waals surface area contributed by atoms with Gasteiger partial charge in [0, 0.05) is 12.6 Å². The molecule has 0 spiro atoms. The molecule has 16 heavy (non-hydrogen) atoms. The van der Waals surface area contributed by atoms with Gasteiger partial charge in [-0.25, -0.2) is 8.42 Å². The van der Waals surface area contributed by atoms with E-state index >= 15 is 0 Å². The van der Waals surface area contributed by atoms with Gasteiger partial charge in [-0.05, 0) is 25.7 Å². The summed E-state index contributed by atoms with van der Waals surface area (Å²) in [6, 6.07) is 0.0527. The summed E-state index contributed by atoms with van der Waals surface area (Å²) in [4.78, 5) is 11.5. The normalized spacial score (nSPS) is 31.0. The summed E-state index contributed by atoms with van der Waals surface area (Å²) in [6.45, 7) is 0.760. The molecule has 2 N–H and O–H groups in total. The molecule has 2 aliphatic heterocycles. The lowest BCUT2D eigenvalue weighted by Crippen LogP contribution is -2.53. The fourth-order valence-electron chi connectivity index (χ4n) is 2.27. The van der Waals surface area contributed by atoms with Crippen LogP contribution in [0.5, 0.6) is 0 Å². The fraction of sp³-hybridized carbons (Fsp3) is 0.900. The summed E-state index contributed by atoms with van der Waals surface area (Å²) in [6.07, 6.45) is 3.11. The lowest BCUT2D eigenvalue weighted by atomic mass is 10.0. The summed E-state index contributed by atoms with van der Waals surface area (Å²) in [5.41, 5.74) is 0. The molecule has 0 aromatic heterocycles. The molecule has 0 saturated carbocycles. The first-order valence-corrected chi connectivity index (χ1v) is 7.63. The van der Waals surface area contributed by atoms with Crippen LogP contribution in [-0.2, 0) is 14.6 Å². The maximum absolute atomic E-state index is 11.5. The number of rotatable bonds is 2. The van der Waals surface area contributed by atoms with E-state index in [1.54, 1.807) is 0 Å². The van der Waals surface area contributed by atoms with E-state index < -0.39 is 9.84 Å². The SMILES string of the molecule is O=C1NCCCC1NC1CCS(=O)(=O)CC1. The third kappa shape index (κ3) is 2.95. The van der Waals surface area contributed by atoms with Gasteiger partial charge in [-0.3, -0.25) is 4.79 Å². The molecule has 92 valence electrons. The molecule has 0 radical (unpaired) electrons. The van der Waals surface area contributed by atoms with Gasteiger partial charge in [0.15, 0.2) is 0 Å². The van der Waals surface area contributed by atoms with E-state index in [2.05, 4.69) is 10.6 Å². The van der Waals surface area contributed by atoms with E-state index in [-0.39, 0.29) is 29.5 Å². The van der Waals surface area contributed by atoms with Crippen LogP contribution in [0.1, 0.15) is 25.7 Å². The Hall–Kier alpha value is -0.620. The number of piperidine rings is 1. The Labute approximate surface area is 95.9 Å². The number of hydrogen-bond donors (Lipinski definition) is 2. The molecule has 0 aliphatic carbocycles. The highest BCUT2D eigenvalue weighted by molar-refractivity contribution is 7.91. The third-order valence-corrected chi connectivity index (χ3v) is 4.99. The van der Waals surface area contributed by atoms with Gasteiger partial charge in [0.2, 0.25) is 5.91 Å². The van der Waals surface area contributed by atoms with Crippen molar-refractivity contribution in [1.29, 1.82) is 0 Å². The highest BCUT2D eigenvalue weighted by Crippen LogP contribution is 2.14. The van der Waals surface area contributed by atoms with Crippen molar-refractivity contribution in [3.63, 3.8) is 0 Å². The second kappa shape index (κ2) is 4.71. The molecule has 2 saturated heterocycles. The summed E-state index contributed by atoms with van der Waals surface area (Å²) in [7, 11) is -2.81. The maximum atomic E-state index is 11.5. The summed E-state index contributed by atoms with van der Waals surface area (Å²) < 4.78 is 22.5. The molecule has 1 amide bonds. The Kier molecular flexibility index (Phi) is 3.49. The molecule has 2 heterocycles. The number of carbonyl (C=O) groups is 1. The molecule has 0 aromatic rings. The van der Waals surface area contributed by atoms with Crippen LogP contribution >= 0.6 is 0 Å². The number of carbonyl (C=O) groups excluding carboxylic acids is 1. The lowest BCUT2D eigenvalue weighted by Gasteiger charge is -2.30. The second-order valence-corrected chi connectivity index (χ2v) is 6.88. The number of hydrogen-bond acceptors (Lipinski definition) is 4. The Bertz CT molecular complexity index is 352. The van der Waals surface area contributed by atoms with Crippen LogP contribution in [0, 0.1) is 0 Å². The average molecular weight is 246 g/mol. The largest absolute Gasteiger partial charge is 0.355 e. The Morgan fingerprint density at radius 1 is 1.19 bits per heavy atom. The van der Waals surface area contributed by atoms with Crippen LogP contribution in [-0.4, -0.2) is 44.5 Å². The van der Waals surface area contributed by atoms with E-state index in [4.69, 9.17) is 0 Å². The van der Waals surface area contributed by atoms with Crippen molar-refractivity contribution in [2.45, 2.75) is 37.8 Å². The van der Waals surface area contributed by atoms with Crippen molar-refractivity contribution < 1.29 is 13.2 Å². The highest BCUT2D eigenvalue weighted by Gasteiger charge is 2.28. The minimum Gasteiger partial charge on any atom is -0.355 e. The van der Waals surface area contributed by atoms with Crippen molar-refractivity contribution in [3.8, 4) is 0 Å².